The first kappa shape index (κ1) is 14.4. The van der Waals surface area contributed by atoms with Gasteiger partial charge in [0.2, 0.25) is 0 Å². The highest BCUT2D eigenvalue weighted by Crippen LogP contribution is 2.26. The van der Waals surface area contributed by atoms with Gasteiger partial charge < -0.3 is 15.8 Å². The monoisotopic (exact) mass is 304 g/mol. The molecular formula is C12H18BrFN2O. The van der Waals surface area contributed by atoms with Crippen molar-refractivity contribution in [2.45, 2.75) is 18.9 Å². The predicted molar refractivity (Wildman–Crippen MR) is 71.7 cm³/mol. The normalized spacial score (nSPS) is 12.5. The molecule has 0 aliphatic carbocycles. The zero-order valence-electron chi connectivity index (χ0n) is 9.88. The van der Waals surface area contributed by atoms with E-state index < -0.39 is 0 Å². The van der Waals surface area contributed by atoms with Crippen LogP contribution in [0.25, 0.3) is 0 Å². The van der Waals surface area contributed by atoms with E-state index in [0.29, 0.717) is 23.3 Å². The molecule has 5 heteroatoms. The molecule has 0 spiro atoms. The lowest BCUT2D eigenvalue weighted by molar-refractivity contribution is 0.182. The van der Waals surface area contributed by atoms with Gasteiger partial charge in [-0.25, -0.2) is 4.39 Å². The third kappa shape index (κ3) is 4.61. The van der Waals surface area contributed by atoms with E-state index in [-0.39, 0.29) is 11.9 Å². The Hall–Kier alpha value is -0.650. The van der Waals surface area contributed by atoms with Gasteiger partial charge in [-0.1, -0.05) is 6.07 Å². The van der Waals surface area contributed by atoms with Crippen LogP contribution in [0.4, 0.5) is 10.1 Å². The summed E-state index contributed by atoms with van der Waals surface area (Å²) in [6, 6.07) is 4.96. The minimum Gasteiger partial charge on any atom is -0.383 e. The molecule has 0 bridgehead atoms. The Bertz CT molecular complexity index is 329. The zero-order chi connectivity index (χ0) is 12.7. The topological polar surface area (TPSA) is 47.3 Å². The number of halogens is 2. The van der Waals surface area contributed by atoms with Gasteiger partial charge in [0.05, 0.1) is 12.3 Å². The van der Waals surface area contributed by atoms with Crippen LogP contribution in [-0.4, -0.2) is 26.3 Å². The van der Waals surface area contributed by atoms with Gasteiger partial charge >= 0.3 is 0 Å². The van der Waals surface area contributed by atoms with Crippen LogP contribution in [0.3, 0.4) is 0 Å². The molecule has 0 heterocycles. The highest BCUT2D eigenvalue weighted by molar-refractivity contribution is 9.10. The molecule has 1 unspecified atom stereocenters. The summed E-state index contributed by atoms with van der Waals surface area (Å²) in [6.45, 7) is 1.15. The van der Waals surface area contributed by atoms with Gasteiger partial charge in [0.15, 0.2) is 0 Å². The summed E-state index contributed by atoms with van der Waals surface area (Å²) in [4.78, 5) is 0. The molecule has 0 radical (unpaired) electrons. The van der Waals surface area contributed by atoms with Crippen molar-refractivity contribution >= 4 is 21.6 Å². The quantitative estimate of drug-likeness (QED) is 0.814. The molecule has 0 fully saturated rings. The molecule has 3 nitrogen and oxygen atoms in total. The Morgan fingerprint density at radius 2 is 2.29 bits per heavy atom. The number of ether oxygens (including phenoxy) is 1. The Morgan fingerprint density at radius 1 is 1.53 bits per heavy atom. The van der Waals surface area contributed by atoms with E-state index in [1.807, 2.05) is 0 Å². The summed E-state index contributed by atoms with van der Waals surface area (Å²) in [7, 11) is 1.63. The summed E-state index contributed by atoms with van der Waals surface area (Å²) in [5, 5.41) is 3.15. The van der Waals surface area contributed by atoms with Crippen LogP contribution in [-0.2, 0) is 4.74 Å². The molecule has 0 saturated carbocycles. The smallest absolute Gasteiger partial charge is 0.147 e. The Morgan fingerprint density at radius 3 is 2.88 bits per heavy atom. The average molecular weight is 305 g/mol. The molecule has 1 rings (SSSR count). The molecule has 1 aromatic carbocycles. The number of nitrogens with two attached hydrogens (primary N) is 1. The molecule has 1 aromatic rings. The second kappa shape index (κ2) is 7.63. The van der Waals surface area contributed by atoms with E-state index in [1.165, 1.54) is 6.07 Å². The van der Waals surface area contributed by atoms with Gasteiger partial charge in [-0.05, 0) is 47.4 Å². The summed E-state index contributed by atoms with van der Waals surface area (Å²) >= 11 is 3.33. The summed E-state index contributed by atoms with van der Waals surface area (Å²) in [6.07, 6.45) is 1.73. The number of rotatable bonds is 7. The SMILES string of the molecule is COCC(CCCN)Nc1c(F)cccc1Br. The van der Waals surface area contributed by atoms with Crippen LogP contribution in [0.15, 0.2) is 22.7 Å². The van der Waals surface area contributed by atoms with Crippen LogP contribution in [0.2, 0.25) is 0 Å². The van der Waals surface area contributed by atoms with Gasteiger partial charge in [0, 0.05) is 17.6 Å². The Balaban J connectivity index is 2.70. The van der Waals surface area contributed by atoms with Crippen molar-refractivity contribution in [3.63, 3.8) is 0 Å². The number of hydrogen-bond donors (Lipinski definition) is 2. The lowest BCUT2D eigenvalue weighted by Gasteiger charge is -2.20. The van der Waals surface area contributed by atoms with E-state index in [0.717, 1.165) is 12.8 Å². The summed E-state index contributed by atoms with van der Waals surface area (Å²) < 4.78 is 19.4. The predicted octanol–water partition coefficient (Wildman–Crippen LogP) is 2.75. The molecule has 96 valence electrons. The first-order chi connectivity index (χ1) is 8.19. The summed E-state index contributed by atoms with van der Waals surface area (Å²) in [5.41, 5.74) is 5.95. The first-order valence-electron chi connectivity index (χ1n) is 5.58. The molecule has 0 aliphatic heterocycles. The Kier molecular flexibility index (Phi) is 6.47. The van der Waals surface area contributed by atoms with Crippen molar-refractivity contribution in [1.82, 2.24) is 0 Å². The second-order valence-electron chi connectivity index (χ2n) is 3.82. The molecule has 1 atom stereocenters. The third-order valence-corrected chi connectivity index (χ3v) is 3.10. The van der Waals surface area contributed by atoms with Crippen LogP contribution in [0.1, 0.15) is 12.8 Å². The van der Waals surface area contributed by atoms with Gasteiger partial charge in [-0.3, -0.25) is 0 Å². The maximum atomic E-state index is 13.6. The molecule has 0 amide bonds. The largest absolute Gasteiger partial charge is 0.383 e. The molecule has 0 saturated heterocycles. The number of nitrogens with one attached hydrogen (secondary N) is 1. The highest BCUT2D eigenvalue weighted by atomic mass is 79.9. The fourth-order valence-electron chi connectivity index (χ4n) is 1.60. The van der Waals surface area contributed by atoms with Gasteiger partial charge in [-0.2, -0.15) is 0 Å². The fraction of sp³-hybridized carbons (Fsp3) is 0.500. The van der Waals surface area contributed by atoms with Crippen molar-refractivity contribution < 1.29 is 9.13 Å². The lowest BCUT2D eigenvalue weighted by Crippen LogP contribution is -2.26. The molecule has 0 aliphatic rings. The number of methoxy groups -OCH3 is 1. The molecule has 0 aromatic heterocycles. The van der Waals surface area contributed by atoms with Crippen LogP contribution >= 0.6 is 15.9 Å². The number of benzene rings is 1. The van der Waals surface area contributed by atoms with E-state index in [2.05, 4.69) is 21.2 Å². The summed E-state index contributed by atoms with van der Waals surface area (Å²) in [5.74, 6) is -0.270. The maximum Gasteiger partial charge on any atom is 0.147 e. The van der Waals surface area contributed by atoms with E-state index in [4.69, 9.17) is 10.5 Å². The Labute approximate surface area is 110 Å². The van der Waals surface area contributed by atoms with Crippen molar-refractivity contribution in [3.8, 4) is 0 Å². The first-order valence-corrected chi connectivity index (χ1v) is 6.38. The molecule has 3 N–H and O–H groups in total. The van der Waals surface area contributed by atoms with Gasteiger partial charge in [-0.15, -0.1) is 0 Å². The number of para-hydroxylation sites is 1. The maximum absolute atomic E-state index is 13.6. The van der Waals surface area contributed by atoms with Gasteiger partial charge in [0.25, 0.3) is 0 Å². The standard InChI is InChI=1S/C12H18BrFN2O/c1-17-8-9(4-3-7-15)16-12-10(13)5-2-6-11(12)14/h2,5-6,9,16H,3-4,7-8,15H2,1H3. The van der Waals surface area contributed by atoms with Crippen molar-refractivity contribution in [2.24, 2.45) is 5.73 Å². The molecule has 17 heavy (non-hydrogen) atoms. The fourth-order valence-corrected chi connectivity index (χ4v) is 2.06. The van der Waals surface area contributed by atoms with Crippen LogP contribution in [0, 0.1) is 5.82 Å². The van der Waals surface area contributed by atoms with Crippen molar-refractivity contribution in [2.75, 3.05) is 25.6 Å². The third-order valence-electron chi connectivity index (χ3n) is 2.44. The highest BCUT2D eigenvalue weighted by Gasteiger charge is 2.12. The van der Waals surface area contributed by atoms with Crippen LogP contribution < -0.4 is 11.1 Å². The van der Waals surface area contributed by atoms with Crippen molar-refractivity contribution in [1.29, 1.82) is 0 Å². The number of anilines is 1. The second-order valence-corrected chi connectivity index (χ2v) is 4.68. The van der Waals surface area contributed by atoms with E-state index in [1.54, 1.807) is 19.2 Å². The minimum atomic E-state index is -0.270. The number of hydrogen-bond acceptors (Lipinski definition) is 3. The van der Waals surface area contributed by atoms with Gasteiger partial charge in [0.1, 0.15) is 5.82 Å². The average Bonchev–Trinajstić information content (AvgIpc) is 2.31. The zero-order valence-corrected chi connectivity index (χ0v) is 11.5. The lowest BCUT2D eigenvalue weighted by atomic mass is 10.1. The molecular weight excluding hydrogens is 287 g/mol. The van der Waals surface area contributed by atoms with E-state index in [9.17, 15) is 4.39 Å². The minimum absolute atomic E-state index is 0.0664. The van der Waals surface area contributed by atoms with E-state index >= 15 is 0 Å². The van der Waals surface area contributed by atoms with Crippen LogP contribution in [0.5, 0.6) is 0 Å². The van der Waals surface area contributed by atoms with Crippen molar-refractivity contribution in [3.05, 3.63) is 28.5 Å².